The second-order valence-electron chi connectivity index (χ2n) is 5.69. The third-order valence-electron chi connectivity index (χ3n) is 4.04. The summed E-state index contributed by atoms with van der Waals surface area (Å²) in [7, 11) is -3.70. The molecule has 0 saturated carbocycles. The number of carbonyl (C=O) groups excluding carboxylic acids is 1. The normalized spacial score (nSPS) is 13.7. The van der Waals surface area contributed by atoms with Gasteiger partial charge in [0.2, 0.25) is 15.9 Å². The van der Waals surface area contributed by atoms with E-state index in [2.05, 4.69) is 9.82 Å². The molecule has 9 heteroatoms. The zero-order chi connectivity index (χ0) is 18.0. The molecule has 0 aliphatic carbocycles. The number of carbonyl (C=O) groups is 1. The van der Waals surface area contributed by atoms with E-state index in [1.165, 1.54) is 36.0 Å². The highest BCUT2D eigenvalue weighted by Crippen LogP contribution is 2.30. The molecule has 0 unspecified atom stereocenters. The van der Waals surface area contributed by atoms with E-state index < -0.39 is 10.0 Å². The van der Waals surface area contributed by atoms with Gasteiger partial charge in [0.15, 0.2) is 0 Å². The van der Waals surface area contributed by atoms with Gasteiger partial charge in [-0.1, -0.05) is 0 Å². The number of anilines is 1. The molecule has 1 N–H and O–H groups in total. The Morgan fingerprint density at radius 1 is 1.32 bits per heavy atom. The molecule has 0 spiro atoms. The van der Waals surface area contributed by atoms with E-state index in [4.69, 9.17) is 0 Å². The first-order chi connectivity index (χ1) is 11.9. The van der Waals surface area contributed by atoms with Crippen LogP contribution in [0.15, 0.2) is 46.2 Å². The monoisotopic (exact) mass is 362 g/mol. The van der Waals surface area contributed by atoms with Gasteiger partial charge in [-0.05, 0) is 36.2 Å². The molecule has 0 saturated heterocycles. The van der Waals surface area contributed by atoms with E-state index in [0.717, 1.165) is 11.3 Å². The first kappa shape index (κ1) is 17.3. The molecule has 1 aliphatic heterocycles. The molecule has 25 heavy (non-hydrogen) atoms. The smallest absolute Gasteiger partial charge is 0.266 e. The molecular weight excluding hydrogens is 344 g/mol. The van der Waals surface area contributed by atoms with Gasteiger partial charge in [-0.3, -0.25) is 9.59 Å². The largest absolute Gasteiger partial charge is 0.312 e. The summed E-state index contributed by atoms with van der Waals surface area (Å²) in [5.74, 6) is -0.0618. The Morgan fingerprint density at radius 3 is 2.84 bits per heavy atom. The molecule has 1 aromatic carbocycles. The van der Waals surface area contributed by atoms with E-state index in [9.17, 15) is 18.0 Å². The van der Waals surface area contributed by atoms with Gasteiger partial charge in [0.1, 0.15) is 0 Å². The predicted octanol–water partition coefficient (Wildman–Crippen LogP) is 0.131. The molecule has 0 atom stereocenters. The van der Waals surface area contributed by atoms with Crippen LogP contribution in [0.3, 0.4) is 0 Å². The van der Waals surface area contributed by atoms with E-state index in [0.29, 0.717) is 13.0 Å². The molecule has 1 amide bonds. The third-order valence-corrected chi connectivity index (χ3v) is 5.50. The van der Waals surface area contributed by atoms with Crippen LogP contribution in [0.25, 0.3) is 0 Å². The number of hydrogen-bond donors (Lipinski definition) is 1. The van der Waals surface area contributed by atoms with Crippen molar-refractivity contribution in [1.29, 1.82) is 0 Å². The van der Waals surface area contributed by atoms with E-state index >= 15 is 0 Å². The highest BCUT2D eigenvalue weighted by Gasteiger charge is 2.24. The third kappa shape index (κ3) is 3.62. The van der Waals surface area contributed by atoms with Crippen molar-refractivity contribution < 1.29 is 13.2 Å². The number of hydrogen-bond acceptors (Lipinski definition) is 5. The summed E-state index contributed by atoms with van der Waals surface area (Å²) in [4.78, 5) is 24.9. The van der Waals surface area contributed by atoms with Gasteiger partial charge in [-0.2, -0.15) is 5.10 Å². The summed E-state index contributed by atoms with van der Waals surface area (Å²) in [6.45, 7) is 2.24. The van der Waals surface area contributed by atoms with Crippen molar-refractivity contribution in [2.75, 3.05) is 18.0 Å². The maximum Gasteiger partial charge on any atom is 0.266 e. The van der Waals surface area contributed by atoms with Crippen molar-refractivity contribution in [1.82, 2.24) is 14.5 Å². The number of nitrogens with one attached hydrogen (secondary N) is 1. The van der Waals surface area contributed by atoms with Gasteiger partial charge in [0.25, 0.3) is 5.56 Å². The lowest BCUT2D eigenvalue weighted by atomic mass is 10.2. The lowest BCUT2D eigenvalue weighted by Crippen LogP contribution is -2.31. The molecule has 2 heterocycles. The summed E-state index contributed by atoms with van der Waals surface area (Å²) in [5, 5.41) is 3.87. The van der Waals surface area contributed by atoms with Gasteiger partial charge in [-0.15, -0.1) is 0 Å². The van der Waals surface area contributed by atoms with Crippen LogP contribution in [-0.2, 0) is 27.8 Å². The molecule has 8 nitrogen and oxygen atoms in total. The Hall–Kier alpha value is -2.52. The number of amides is 1. The summed E-state index contributed by atoms with van der Waals surface area (Å²) >= 11 is 0. The average Bonchev–Trinajstić information content (AvgIpc) is 3.00. The maximum atomic E-state index is 12.4. The van der Waals surface area contributed by atoms with E-state index in [1.54, 1.807) is 17.0 Å². The molecular formula is C16H18N4O4S. The first-order valence-electron chi connectivity index (χ1n) is 7.81. The molecule has 0 bridgehead atoms. The molecule has 1 aromatic heterocycles. The van der Waals surface area contributed by atoms with Gasteiger partial charge in [0.05, 0.1) is 11.4 Å². The molecule has 1 aliphatic rings. The Bertz CT molecular complexity index is 968. The van der Waals surface area contributed by atoms with Crippen molar-refractivity contribution in [2.24, 2.45) is 0 Å². The van der Waals surface area contributed by atoms with Crippen molar-refractivity contribution in [3.8, 4) is 0 Å². The Morgan fingerprint density at radius 2 is 2.12 bits per heavy atom. The lowest BCUT2D eigenvalue weighted by Gasteiger charge is -2.15. The molecule has 3 rings (SSSR count). The van der Waals surface area contributed by atoms with Crippen LogP contribution in [-0.4, -0.2) is 37.2 Å². The molecule has 0 radical (unpaired) electrons. The van der Waals surface area contributed by atoms with Crippen LogP contribution in [0.2, 0.25) is 0 Å². The number of sulfonamides is 1. The first-order valence-corrected chi connectivity index (χ1v) is 9.29. The van der Waals surface area contributed by atoms with Crippen LogP contribution < -0.4 is 15.2 Å². The van der Waals surface area contributed by atoms with E-state index in [1.807, 2.05) is 0 Å². The fourth-order valence-corrected chi connectivity index (χ4v) is 3.87. The number of nitrogens with zero attached hydrogens (tertiary/aromatic N) is 3. The van der Waals surface area contributed by atoms with Gasteiger partial charge >= 0.3 is 0 Å². The lowest BCUT2D eigenvalue weighted by molar-refractivity contribution is -0.116. The second kappa shape index (κ2) is 6.77. The van der Waals surface area contributed by atoms with Crippen molar-refractivity contribution in [3.05, 3.63) is 52.4 Å². The standard InChI is InChI=1S/C16H18N4O4S/c1-12(21)19-9-6-13-11-14(4-5-15(13)19)25(23,24)18-8-10-20-16(22)3-2-7-17-20/h2-5,7,11,18H,6,8-10H2,1H3. The van der Waals surface area contributed by atoms with Crippen LogP contribution >= 0.6 is 0 Å². The number of fused-ring (bicyclic) bond motifs is 1. The van der Waals surface area contributed by atoms with Crippen molar-refractivity contribution >= 4 is 21.6 Å². The van der Waals surface area contributed by atoms with Crippen LogP contribution in [0.1, 0.15) is 12.5 Å². The Kier molecular flexibility index (Phi) is 4.69. The quantitative estimate of drug-likeness (QED) is 0.815. The van der Waals surface area contributed by atoms with Crippen LogP contribution in [0.5, 0.6) is 0 Å². The maximum absolute atomic E-state index is 12.4. The van der Waals surface area contributed by atoms with Crippen molar-refractivity contribution in [2.45, 2.75) is 24.8 Å². The Balaban J connectivity index is 1.72. The van der Waals surface area contributed by atoms with Crippen LogP contribution in [0.4, 0.5) is 5.69 Å². The van der Waals surface area contributed by atoms with Gasteiger partial charge < -0.3 is 4.90 Å². The SMILES string of the molecule is CC(=O)N1CCc2cc(S(=O)(=O)NCCn3ncccc3=O)ccc21. The topological polar surface area (TPSA) is 101 Å². The zero-order valence-corrected chi connectivity index (χ0v) is 14.5. The second-order valence-corrected chi connectivity index (χ2v) is 7.46. The molecule has 0 fully saturated rings. The summed E-state index contributed by atoms with van der Waals surface area (Å²) < 4.78 is 28.5. The minimum absolute atomic E-state index is 0.0515. The fraction of sp³-hybridized carbons (Fsp3) is 0.312. The Labute approximate surface area is 145 Å². The number of rotatable bonds is 5. The van der Waals surface area contributed by atoms with Crippen LogP contribution in [0, 0.1) is 0 Å². The van der Waals surface area contributed by atoms with Crippen molar-refractivity contribution in [3.63, 3.8) is 0 Å². The summed E-state index contributed by atoms with van der Waals surface area (Å²) in [5.41, 5.74) is 1.30. The zero-order valence-electron chi connectivity index (χ0n) is 13.7. The van der Waals surface area contributed by atoms with Gasteiger partial charge in [-0.25, -0.2) is 17.8 Å². The molecule has 2 aromatic rings. The summed E-state index contributed by atoms with van der Waals surface area (Å²) in [6.07, 6.45) is 2.10. The van der Waals surface area contributed by atoms with E-state index in [-0.39, 0.29) is 29.5 Å². The highest BCUT2D eigenvalue weighted by molar-refractivity contribution is 7.89. The number of aromatic nitrogens is 2. The minimum atomic E-state index is -3.70. The average molecular weight is 362 g/mol. The number of benzene rings is 1. The van der Waals surface area contributed by atoms with Gasteiger partial charge in [0, 0.05) is 38.0 Å². The minimum Gasteiger partial charge on any atom is -0.312 e. The molecule has 132 valence electrons. The summed E-state index contributed by atoms with van der Waals surface area (Å²) in [6, 6.07) is 7.62. The fourth-order valence-electron chi connectivity index (χ4n) is 2.80. The predicted molar refractivity (Wildman–Crippen MR) is 91.9 cm³/mol. The highest BCUT2D eigenvalue weighted by atomic mass is 32.2.